The Morgan fingerprint density at radius 3 is 1.32 bits per heavy atom. The number of carbonyl (C=O) groups excluding carboxylic acids is 3. The number of ether oxygens (including phenoxy) is 6. The van der Waals surface area contributed by atoms with Crippen molar-refractivity contribution in [2.24, 2.45) is 5.41 Å². The maximum absolute atomic E-state index is 11.9. The summed E-state index contributed by atoms with van der Waals surface area (Å²) in [5.74, 6) is 2.84. The highest BCUT2D eigenvalue weighted by molar-refractivity contribution is 5.83. The lowest BCUT2D eigenvalue weighted by Gasteiger charge is -2.16. The summed E-state index contributed by atoms with van der Waals surface area (Å²) < 4.78 is 32.1. The third-order valence-corrected chi connectivity index (χ3v) is 5.15. The summed E-state index contributed by atoms with van der Waals surface area (Å²) >= 11 is 0. The van der Waals surface area contributed by atoms with Gasteiger partial charge in [0.25, 0.3) is 0 Å². The molecule has 214 valence electrons. The van der Waals surface area contributed by atoms with E-state index in [-0.39, 0.29) is 29.4 Å². The van der Waals surface area contributed by atoms with Crippen LogP contribution in [0.1, 0.15) is 65.7 Å². The second kappa shape index (κ2) is 24.7. The fraction of sp³-hybridized carbons (Fsp3) is 0.821. The molecule has 0 unspecified atom stereocenters. The average Bonchev–Trinajstić information content (AvgIpc) is 2.85. The van der Waals surface area contributed by atoms with E-state index < -0.39 is 0 Å². The van der Waals surface area contributed by atoms with Crippen LogP contribution in [0.3, 0.4) is 0 Å². The van der Waals surface area contributed by atoms with Crippen molar-refractivity contribution >= 4 is 17.3 Å². The predicted octanol–water partition coefficient (Wildman–Crippen LogP) is 3.20. The van der Waals surface area contributed by atoms with Gasteiger partial charge in [-0.3, -0.25) is 14.4 Å². The number of Topliss-reactive ketones (excluding diaryl/α,β-unsaturated/α-hetero) is 3. The van der Waals surface area contributed by atoms with Gasteiger partial charge in [-0.25, -0.2) is 0 Å². The van der Waals surface area contributed by atoms with Crippen LogP contribution in [0.25, 0.3) is 0 Å². The van der Waals surface area contributed by atoms with Gasteiger partial charge < -0.3 is 28.4 Å². The molecule has 0 aromatic heterocycles. The van der Waals surface area contributed by atoms with E-state index in [0.717, 1.165) is 0 Å². The number of terminal acetylenes is 1. The first-order valence-electron chi connectivity index (χ1n) is 13.2. The first-order valence-corrected chi connectivity index (χ1v) is 13.2. The van der Waals surface area contributed by atoms with Gasteiger partial charge in [0.15, 0.2) is 0 Å². The Balaban J connectivity index is 3.33. The van der Waals surface area contributed by atoms with Gasteiger partial charge in [-0.1, -0.05) is 26.7 Å². The molecule has 0 aliphatic heterocycles. The average molecular weight is 529 g/mol. The first-order chi connectivity index (χ1) is 17.8. The minimum absolute atomic E-state index is 0.143. The smallest absolute Gasteiger partial charge is 0.140 e. The highest BCUT2D eigenvalue weighted by atomic mass is 16.5. The molecule has 37 heavy (non-hydrogen) atoms. The summed E-state index contributed by atoms with van der Waals surface area (Å²) in [7, 11) is 0. The number of rotatable bonds is 27. The van der Waals surface area contributed by atoms with Gasteiger partial charge in [-0.2, -0.15) is 0 Å². The lowest BCUT2D eigenvalue weighted by molar-refractivity contribution is -0.127. The summed E-state index contributed by atoms with van der Waals surface area (Å²) in [6.45, 7) is 10.7. The van der Waals surface area contributed by atoms with Gasteiger partial charge >= 0.3 is 0 Å². The molecule has 0 atom stereocenters. The minimum Gasteiger partial charge on any atom is -0.379 e. The van der Waals surface area contributed by atoms with Gasteiger partial charge in [-0.15, -0.1) is 6.42 Å². The first kappa shape index (κ1) is 35.3. The molecule has 0 aliphatic carbocycles. The van der Waals surface area contributed by atoms with Crippen LogP contribution in [0.15, 0.2) is 0 Å². The van der Waals surface area contributed by atoms with E-state index in [1.165, 1.54) is 0 Å². The number of carbonyl (C=O) groups is 3. The van der Waals surface area contributed by atoms with Crippen LogP contribution >= 0.6 is 0 Å². The van der Waals surface area contributed by atoms with Crippen LogP contribution in [0.4, 0.5) is 0 Å². The molecular formula is C28H48O9. The molecule has 0 aromatic rings. The molecule has 0 saturated heterocycles. The fourth-order valence-corrected chi connectivity index (χ4v) is 2.90. The lowest BCUT2D eigenvalue weighted by atomic mass is 9.89. The van der Waals surface area contributed by atoms with Gasteiger partial charge in [0.1, 0.15) is 24.0 Å². The largest absolute Gasteiger partial charge is 0.379 e. The Bertz CT molecular complexity index is 635. The van der Waals surface area contributed by atoms with Crippen molar-refractivity contribution < 1.29 is 42.8 Å². The van der Waals surface area contributed by atoms with Gasteiger partial charge in [0, 0.05) is 50.7 Å². The SMILES string of the molecule is C#CCOCCOCCC(=O)CCCOCCOCCC(=O)CCCOCCOCCC(=O)C(C)(C)C. The highest BCUT2D eigenvalue weighted by Crippen LogP contribution is 2.16. The van der Waals surface area contributed by atoms with Crippen LogP contribution in [0.2, 0.25) is 0 Å². The quantitative estimate of drug-likeness (QED) is 0.117. The standard InChI is InChI=1S/C28H48O9/c1-5-13-32-19-22-35-16-10-25(29)8-6-14-33-20-23-36-17-11-26(30)9-7-15-34-21-24-37-18-12-27(31)28(2,3)4/h1H,6-24H2,2-4H3. The van der Waals surface area contributed by atoms with Crippen molar-refractivity contribution in [2.45, 2.75) is 65.7 Å². The monoisotopic (exact) mass is 528 g/mol. The normalized spacial score (nSPS) is 11.4. The number of ketones is 3. The molecule has 0 radical (unpaired) electrons. The van der Waals surface area contributed by atoms with E-state index in [2.05, 4.69) is 5.92 Å². The van der Waals surface area contributed by atoms with Gasteiger partial charge in [0.05, 0.1) is 59.5 Å². The zero-order valence-electron chi connectivity index (χ0n) is 23.2. The van der Waals surface area contributed by atoms with Crippen LogP contribution in [0.5, 0.6) is 0 Å². The van der Waals surface area contributed by atoms with E-state index in [1.807, 2.05) is 20.8 Å². The van der Waals surface area contributed by atoms with Crippen LogP contribution in [-0.4, -0.2) is 96.6 Å². The second-order valence-electron chi connectivity index (χ2n) is 9.53. The molecule has 0 bridgehead atoms. The lowest BCUT2D eigenvalue weighted by Crippen LogP contribution is -2.21. The maximum atomic E-state index is 11.9. The molecule has 9 heteroatoms. The maximum Gasteiger partial charge on any atom is 0.140 e. The van der Waals surface area contributed by atoms with Crippen molar-refractivity contribution in [2.75, 3.05) is 79.3 Å². The second-order valence-corrected chi connectivity index (χ2v) is 9.53. The Kier molecular flexibility index (Phi) is 23.5. The van der Waals surface area contributed by atoms with Gasteiger partial charge in [-0.05, 0) is 12.8 Å². The van der Waals surface area contributed by atoms with Crippen LogP contribution in [0, 0.1) is 17.8 Å². The number of hydrogen-bond donors (Lipinski definition) is 0. The topological polar surface area (TPSA) is 107 Å². The zero-order valence-corrected chi connectivity index (χ0v) is 23.2. The van der Waals surface area contributed by atoms with E-state index in [0.29, 0.717) is 118 Å². The van der Waals surface area contributed by atoms with Crippen molar-refractivity contribution in [1.82, 2.24) is 0 Å². The van der Waals surface area contributed by atoms with Crippen molar-refractivity contribution in [1.29, 1.82) is 0 Å². The third-order valence-electron chi connectivity index (χ3n) is 5.15. The Morgan fingerprint density at radius 1 is 0.541 bits per heavy atom. The zero-order chi connectivity index (χ0) is 27.6. The van der Waals surface area contributed by atoms with E-state index in [4.69, 9.17) is 34.8 Å². The molecule has 0 saturated carbocycles. The Labute approximate surface area is 223 Å². The Hall–Kier alpha value is -1.67. The van der Waals surface area contributed by atoms with E-state index in [9.17, 15) is 14.4 Å². The minimum atomic E-state index is -0.329. The molecule has 0 heterocycles. The van der Waals surface area contributed by atoms with E-state index >= 15 is 0 Å². The van der Waals surface area contributed by atoms with Gasteiger partial charge in [0.2, 0.25) is 0 Å². The summed E-state index contributed by atoms with van der Waals surface area (Å²) in [5, 5.41) is 0. The van der Waals surface area contributed by atoms with Crippen molar-refractivity contribution in [3.8, 4) is 12.3 Å². The number of hydrogen-bond acceptors (Lipinski definition) is 9. The van der Waals surface area contributed by atoms with E-state index in [1.54, 1.807) is 0 Å². The predicted molar refractivity (Wildman–Crippen MR) is 141 cm³/mol. The summed E-state index contributed by atoms with van der Waals surface area (Å²) in [6, 6.07) is 0. The third kappa shape index (κ3) is 25.7. The van der Waals surface area contributed by atoms with Crippen molar-refractivity contribution in [3.63, 3.8) is 0 Å². The summed E-state index contributed by atoms with van der Waals surface area (Å²) in [6.07, 6.45) is 8.47. The molecule has 0 amide bonds. The molecule has 0 rings (SSSR count). The van der Waals surface area contributed by atoms with Crippen LogP contribution in [-0.2, 0) is 42.8 Å². The molecule has 0 aromatic carbocycles. The molecule has 0 spiro atoms. The molecule has 0 N–H and O–H groups in total. The molecule has 0 aliphatic rings. The highest BCUT2D eigenvalue weighted by Gasteiger charge is 2.20. The van der Waals surface area contributed by atoms with Crippen molar-refractivity contribution in [3.05, 3.63) is 0 Å². The fourth-order valence-electron chi connectivity index (χ4n) is 2.90. The summed E-state index contributed by atoms with van der Waals surface area (Å²) in [4.78, 5) is 35.4. The van der Waals surface area contributed by atoms with Crippen LogP contribution < -0.4 is 0 Å². The molecule has 9 nitrogen and oxygen atoms in total. The molecule has 0 fully saturated rings. The Morgan fingerprint density at radius 2 is 0.919 bits per heavy atom. The molecular weight excluding hydrogens is 480 g/mol. The summed E-state index contributed by atoms with van der Waals surface area (Å²) in [5.41, 5.74) is -0.329.